The van der Waals surface area contributed by atoms with Crippen molar-refractivity contribution in [3.63, 3.8) is 0 Å². The Morgan fingerprint density at radius 1 is 1.45 bits per heavy atom. The van der Waals surface area contributed by atoms with Gasteiger partial charge < -0.3 is 14.8 Å². The van der Waals surface area contributed by atoms with E-state index < -0.39 is 0 Å². The zero-order valence-electron chi connectivity index (χ0n) is 13.0. The van der Waals surface area contributed by atoms with E-state index in [-0.39, 0.29) is 18.0 Å². The van der Waals surface area contributed by atoms with Gasteiger partial charge in [-0.05, 0) is 31.9 Å². The van der Waals surface area contributed by atoms with Gasteiger partial charge >= 0.3 is 0 Å². The summed E-state index contributed by atoms with van der Waals surface area (Å²) in [5, 5.41) is 4.48. The lowest BCUT2D eigenvalue weighted by atomic mass is 9.99. The van der Waals surface area contributed by atoms with Crippen molar-refractivity contribution >= 4 is 22.8 Å². The van der Waals surface area contributed by atoms with Gasteiger partial charge in [-0.25, -0.2) is 9.97 Å². The second kappa shape index (κ2) is 5.79. The summed E-state index contributed by atoms with van der Waals surface area (Å²) >= 11 is 0. The molecule has 1 N–H and O–H groups in total. The van der Waals surface area contributed by atoms with Crippen LogP contribution in [0.5, 0.6) is 0 Å². The Labute approximate surface area is 129 Å². The first-order chi connectivity index (χ1) is 10.6. The number of likely N-dealkylation sites (tertiary alicyclic amines) is 1. The zero-order valence-corrected chi connectivity index (χ0v) is 13.0. The number of hydrogen-bond acceptors (Lipinski definition) is 4. The van der Waals surface area contributed by atoms with Gasteiger partial charge in [0.25, 0.3) is 0 Å². The number of nitrogens with one attached hydrogen (secondary N) is 1. The molecule has 0 saturated carbocycles. The largest absolute Gasteiger partial charge is 0.365 e. The third-order valence-corrected chi connectivity index (χ3v) is 4.34. The number of amides is 1. The fraction of sp³-hybridized carbons (Fsp3) is 0.438. The quantitative estimate of drug-likeness (QED) is 0.880. The van der Waals surface area contributed by atoms with Crippen molar-refractivity contribution in [1.29, 1.82) is 0 Å². The fourth-order valence-corrected chi connectivity index (χ4v) is 3.04. The number of piperidine rings is 1. The number of carbonyl (C=O) groups is 1. The van der Waals surface area contributed by atoms with E-state index in [2.05, 4.69) is 28.8 Å². The lowest BCUT2D eigenvalue weighted by Gasteiger charge is -2.38. The number of aromatic nitrogens is 3. The van der Waals surface area contributed by atoms with E-state index in [9.17, 15) is 4.79 Å². The summed E-state index contributed by atoms with van der Waals surface area (Å²) in [7, 11) is 1.96. The Morgan fingerprint density at radius 2 is 2.27 bits per heavy atom. The number of aryl methyl sites for hydroxylation is 1. The normalized spacial score (nSPS) is 21.8. The molecule has 1 fully saturated rings. The summed E-state index contributed by atoms with van der Waals surface area (Å²) in [4.78, 5) is 22.5. The number of rotatable bonds is 3. The molecule has 116 valence electrons. The summed E-state index contributed by atoms with van der Waals surface area (Å²) in [6.07, 6.45) is 6.92. The Balaban J connectivity index is 1.80. The first-order valence-corrected chi connectivity index (χ1v) is 7.55. The number of carbonyl (C=O) groups excluding carboxylic acids is 1. The van der Waals surface area contributed by atoms with Gasteiger partial charge in [0, 0.05) is 31.9 Å². The number of anilines is 1. The molecule has 1 aliphatic heterocycles. The van der Waals surface area contributed by atoms with Crippen LogP contribution in [0.4, 0.5) is 5.82 Å². The molecule has 1 saturated heterocycles. The van der Waals surface area contributed by atoms with Crippen LogP contribution in [0.25, 0.3) is 11.0 Å². The molecule has 1 amide bonds. The SMILES string of the molecule is C=CC(=O)N1C[C@H](Nc2ncnc3c2ccn3C)CC[C@@H]1C. The molecule has 1 aliphatic rings. The van der Waals surface area contributed by atoms with Crippen LogP contribution in [0, 0.1) is 0 Å². The summed E-state index contributed by atoms with van der Waals surface area (Å²) in [6, 6.07) is 2.46. The summed E-state index contributed by atoms with van der Waals surface area (Å²) in [5.41, 5.74) is 0.903. The molecule has 0 spiro atoms. The van der Waals surface area contributed by atoms with E-state index in [0.717, 1.165) is 29.7 Å². The van der Waals surface area contributed by atoms with Gasteiger partial charge in [0.15, 0.2) is 0 Å². The maximum absolute atomic E-state index is 11.9. The van der Waals surface area contributed by atoms with Crippen molar-refractivity contribution in [2.75, 3.05) is 11.9 Å². The van der Waals surface area contributed by atoms with Crippen molar-refractivity contribution in [2.45, 2.75) is 31.8 Å². The van der Waals surface area contributed by atoms with Gasteiger partial charge in [-0.1, -0.05) is 6.58 Å². The predicted octanol–water partition coefficient (Wildman–Crippen LogP) is 1.95. The van der Waals surface area contributed by atoms with Gasteiger partial charge in [0.2, 0.25) is 5.91 Å². The third-order valence-electron chi connectivity index (χ3n) is 4.34. The molecule has 0 unspecified atom stereocenters. The third kappa shape index (κ3) is 2.56. The highest BCUT2D eigenvalue weighted by molar-refractivity contribution is 5.88. The minimum atomic E-state index is -0.00783. The lowest BCUT2D eigenvalue weighted by Crippen LogP contribution is -2.49. The van der Waals surface area contributed by atoms with Crippen LogP contribution in [-0.4, -0.2) is 44.0 Å². The molecule has 0 bridgehead atoms. The highest BCUT2D eigenvalue weighted by Crippen LogP contribution is 2.24. The topological polar surface area (TPSA) is 63.1 Å². The molecule has 0 aromatic carbocycles. The first-order valence-electron chi connectivity index (χ1n) is 7.55. The Kier molecular flexibility index (Phi) is 3.83. The number of hydrogen-bond donors (Lipinski definition) is 1. The van der Waals surface area contributed by atoms with Crippen molar-refractivity contribution in [3.8, 4) is 0 Å². The first kappa shape index (κ1) is 14.6. The summed E-state index contributed by atoms with van der Waals surface area (Å²) in [5.74, 6) is 0.822. The molecule has 2 atom stereocenters. The smallest absolute Gasteiger partial charge is 0.246 e. The molecule has 0 radical (unpaired) electrons. The minimum Gasteiger partial charge on any atom is -0.365 e. The average Bonchev–Trinajstić information content (AvgIpc) is 2.91. The van der Waals surface area contributed by atoms with E-state index in [4.69, 9.17) is 0 Å². The molecular weight excluding hydrogens is 278 g/mol. The number of nitrogens with zero attached hydrogens (tertiary/aromatic N) is 4. The number of fused-ring (bicyclic) bond motifs is 1. The summed E-state index contributed by atoms with van der Waals surface area (Å²) in [6.45, 7) is 6.34. The van der Waals surface area contributed by atoms with Gasteiger partial charge in [-0.2, -0.15) is 0 Å². The van der Waals surface area contributed by atoms with Crippen molar-refractivity contribution < 1.29 is 4.79 Å². The van der Waals surface area contributed by atoms with E-state index in [1.54, 1.807) is 6.33 Å². The summed E-state index contributed by atoms with van der Waals surface area (Å²) < 4.78 is 1.97. The predicted molar refractivity (Wildman–Crippen MR) is 86.5 cm³/mol. The molecule has 6 nitrogen and oxygen atoms in total. The Morgan fingerprint density at radius 3 is 3.05 bits per heavy atom. The average molecular weight is 299 g/mol. The second-order valence-electron chi connectivity index (χ2n) is 5.85. The fourth-order valence-electron chi connectivity index (χ4n) is 3.04. The maximum atomic E-state index is 11.9. The molecule has 2 aromatic heterocycles. The van der Waals surface area contributed by atoms with Crippen LogP contribution < -0.4 is 5.32 Å². The van der Waals surface area contributed by atoms with E-state index >= 15 is 0 Å². The molecule has 3 rings (SSSR count). The zero-order chi connectivity index (χ0) is 15.7. The molecule has 2 aromatic rings. The van der Waals surface area contributed by atoms with Crippen LogP contribution in [-0.2, 0) is 11.8 Å². The Hall–Kier alpha value is -2.37. The van der Waals surface area contributed by atoms with Crippen LogP contribution in [0.1, 0.15) is 19.8 Å². The van der Waals surface area contributed by atoms with Crippen LogP contribution in [0.3, 0.4) is 0 Å². The maximum Gasteiger partial charge on any atom is 0.246 e. The lowest BCUT2D eigenvalue weighted by molar-refractivity contribution is -0.129. The highest BCUT2D eigenvalue weighted by Gasteiger charge is 2.28. The molecular formula is C16H21N5O. The van der Waals surface area contributed by atoms with Gasteiger partial charge in [-0.15, -0.1) is 0 Å². The molecule has 3 heterocycles. The van der Waals surface area contributed by atoms with E-state index in [1.165, 1.54) is 6.08 Å². The van der Waals surface area contributed by atoms with Crippen molar-refractivity contribution in [2.24, 2.45) is 7.05 Å². The van der Waals surface area contributed by atoms with Gasteiger partial charge in [0.05, 0.1) is 5.39 Å². The molecule has 6 heteroatoms. The van der Waals surface area contributed by atoms with E-state index in [1.807, 2.05) is 28.8 Å². The minimum absolute atomic E-state index is 0.00783. The monoisotopic (exact) mass is 299 g/mol. The van der Waals surface area contributed by atoms with Crippen LogP contribution in [0.2, 0.25) is 0 Å². The van der Waals surface area contributed by atoms with E-state index in [0.29, 0.717) is 6.54 Å². The van der Waals surface area contributed by atoms with Gasteiger partial charge in [-0.3, -0.25) is 4.79 Å². The van der Waals surface area contributed by atoms with Crippen molar-refractivity contribution in [1.82, 2.24) is 19.4 Å². The van der Waals surface area contributed by atoms with Crippen molar-refractivity contribution in [3.05, 3.63) is 31.2 Å². The Bertz CT molecular complexity index is 708. The second-order valence-corrected chi connectivity index (χ2v) is 5.85. The van der Waals surface area contributed by atoms with Gasteiger partial charge in [0.1, 0.15) is 17.8 Å². The molecule has 0 aliphatic carbocycles. The molecule has 22 heavy (non-hydrogen) atoms. The van der Waals surface area contributed by atoms with Crippen LogP contribution >= 0.6 is 0 Å². The standard InChI is InChI=1S/C16H21N5O/c1-4-14(22)21-9-12(6-5-11(21)2)19-15-13-7-8-20(3)16(13)18-10-17-15/h4,7-8,10-12H,1,5-6,9H2,2-3H3,(H,17,18,19)/t11-,12+/m0/s1. The highest BCUT2D eigenvalue weighted by atomic mass is 16.2. The van der Waals surface area contributed by atoms with Crippen LogP contribution in [0.15, 0.2) is 31.2 Å².